The molecule has 1 aliphatic rings. The molecule has 1 saturated carbocycles. The van der Waals surface area contributed by atoms with E-state index in [-0.39, 0.29) is 11.8 Å². The first kappa shape index (κ1) is 17.7. The summed E-state index contributed by atoms with van der Waals surface area (Å²) in [6.07, 6.45) is 3.71. The van der Waals surface area contributed by atoms with Crippen molar-refractivity contribution in [1.29, 1.82) is 0 Å². The first-order valence-electron chi connectivity index (χ1n) is 8.81. The average molecular weight is 385 g/mol. The molecular weight excluding hydrogens is 366 g/mol. The van der Waals surface area contributed by atoms with Crippen molar-refractivity contribution in [3.8, 4) is 5.69 Å². The molecular formula is C19H19N3O4S. The average Bonchev–Trinajstić information content (AvgIpc) is 3.36. The van der Waals surface area contributed by atoms with Crippen LogP contribution in [0.5, 0.6) is 0 Å². The molecule has 1 heterocycles. The fourth-order valence-electron chi connectivity index (χ4n) is 3.29. The lowest BCUT2D eigenvalue weighted by atomic mass is 9.99. The van der Waals surface area contributed by atoms with E-state index >= 15 is 0 Å². The lowest BCUT2D eigenvalue weighted by Crippen LogP contribution is -2.21. The minimum Gasteiger partial charge on any atom is -0.465 e. The number of fused-ring (bicyclic) bond motifs is 1. The third-order valence-corrected chi connectivity index (χ3v) is 6.07. The number of benzene rings is 2. The van der Waals surface area contributed by atoms with Gasteiger partial charge in [-0.25, -0.2) is 8.42 Å². The topological polar surface area (TPSA) is 91.2 Å². The summed E-state index contributed by atoms with van der Waals surface area (Å²) < 4.78 is 31.5. The van der Waals surface area contributed by atoms with E-state index in [1.807, 2.05) is 36.4 Å². The lowest BCUT2D eigenvalue weighted by molar-refractivity contribution is -0.139. The Balaban J connectivity index is 1.81. The number of hydrogen-bond acceptors (Lipinski definition) is 6. The van der Waals surface area contributed by atoms with Gasteiger partial charge in [-0.05, 0) is 42.7 Å². The van der Waals surface area contributed by atoms with Crippen molar-refractivity contribution in [2.45, 2.75) is 30.8 Å². The molecule has 0 unspecified atom stereocenters. The zero-order valence-electron chi connectivity index (χ0n) is 14.8. The summed E-state index contributed by atoms with van der Waals surface area (Å²) in [4.78, 5) is 11.7. The maximum Gasteiger partial charge on any atom is 0.321 e. The third kappa shape index (κ3) is 3.32. The van der Waals surface area contributed by atoms with Crippen molar-refractivity contribution in [1.82, 2.24) is 14.8 Å². The number of ether oxygens (including phenoxy) is 1. The van der Waals surface area contributed by atoms with Crippen molar-refractivity contribution in [3.63, 3.8) is 0 Å². The van der Waals surface area contributed by atoms with Crippen molar-refractivity contribution in [3.05, 3.63) is 48.3 Å². The molecule has 0 saturated heterocycles. The van der Waals surface area contributed by atoms with Gasteiger partial charge in [0, 0.05) is 5.39 Å². The highest BCUT2D eigenvalue weighted by Crippen LogP contribution is 2.44. The van der Waals surface area contributed by atoms with Crippen LogP contribution in [-0.4, -0.2) is 41.5 Å². The minimum atomic E-state index is -3.99. The number of rotatable bonds is 6. The summed E-state index contributed by atoms with van der Waals surface area (Å²) >= 11 is 0. The van der Waals surface area contributed by atoms with Gasteiger partial charge in [0.2, 0.25) is 9.84 Å². The second-order valence-corrected chi connectivity index (χ2v) is 8.42. The van der Waals surface area contributed by atoms with E-state index in [9.17, 15) is 13.2 Å². The van der Waals surface area contributed by atoms with Crippen LogP contribution in [0.25, 0.3) is 16.5 Å². The predicted octanol–water partition coefficient (Wildman–Crippen LogP) is 2.63. The highest BCUT2D eigenvalue weighted by Gasteiger charge is 2.29. The molecule has 1 aromatic heterocycles. The summed E-state index contributed by atoms with van der Waals surface area (Å²) in [6.45, 7) is 1.74. The Kier molecular flexibility index (Phi) is 4.43. The predicted molar refractivity (Wildman–Crippen MR) is 99.5 cm³/mol. The van der Waals surface area contributed by atoms with Gasteiger partial charge < -0.3 is 4.74 Å². The fourth-order valence-corrected chi connectivity index (χ4v) is 4.43. The molecule has 2 aromatic carbocycles. The Hall–Kier alpha value is -2.74. The van der Waals surface area contributed by atoms with Crippen LogP contribution in [0.3, 0.4) is 0 Å². The molecule has 0 amide bonds. The normalized spacial score (nSPS) is 14.4. The van der Waals surface area contributed by atoms with E-state index in [1.165, 1.54) is 29.3 Å². The number of sulfone groups is 1. The SMILES string of the molecule is CCOC(=O)CS(=O)(=O)c1nncn1-c1ccc(C2CC2)c2ccccc12. The highest BCUT2D eigenvalue weighted by atomic mass is 32.2. The van der Waals surface area contributed by atoms with Gasteiger partial charge in [0.1, 0.15) is 6.33 Å². The summed E-state index contributed by atoms with van der Waals surface area (Å²) in [5, 5.41) is 9.31. The van der Waals surface area contributed by atoms with Gasteiger partial charge in [0.25, 0.3) is 5.16 Å². The lowest BCUT2D eigenvalue weighted by Gasteiger charge is -2.13. The Bertz CT molecular complexity index is 1120. The van der Waals surface area contributed by atoms with Crippen LogP contribution >= 0.6 is 0 Å². The van der Waals surface area contributed by atoms with Crippen molar-refractivity contribution < 1.29 is 17.9 Å². The molecule has 4 rings (SSSR count). The van der Waals surface area contributed by atoms with E-state index in [4.69, 9.17) is 4.74 Å². The summed E-state index contributed by atoms with van der Waals surface area (Å²) in [5.41, 5.74) is 1.95. The Morgan fingerprint density at radius 1 is 1.19 bits per heavy atom. The van der Waals surface area contributed by atoms with Gasteiger partial charge in [-0.3, -0.25) is 9.36 Å². The van der Waals surface area contributed by atoms with Gasteiger partial charge in [0.05, 0.1) is 12.3 Å². The quantitative estimate of drug-likeness (QED) is 0.606. The maximum atomic E-state index is 12.7. The van der Waals surface area contributed by atoms with Gasteiger partial charge in [-0.1, -0.05) is 30.3 Å². The summed E-state index contributed by atoms with van der Waals surface area (Å²) in [7, 11) is -3.99. The first-order chi connectivity index (χ1) is 13.0. The molecule has 8 heteroatoms. The van der Waals surface area contributed by atoms with Gasteiger partial charge >= 0.3 is 5.97 Å². The third-order valence-electron chi connectivity index (χ3n) is 4.62. The van der Waals surface area contributed by atoms with E-state index in [0.717, 1.165) is 10.8 Å². The van der Waals surface area contributed by atoms with Crippen LogP contribution in [0.1, 0.15) is 31.2 Å². The van der Waals surface area contributed by atoms with Crippen LogP contribution in [-0.2, 0) is 19.4 Å². The molecule has 7 nitrogen and oxygen atoms in total. The van der Waals surface area contributed by atoms with E-state index in [2.05, 4.69) is 10.2 Å². The number of esters is 1. The van der Waals surface area contributed by atoms with Crippen LogP contribution in [0.4, 0.5) is 0 Å². The largest absolute Gasteiger partial charge is 0.465 e. The number of carbonyl (C=O) groups is 1. The Labute approximate surface area is 156 Å². The molecule has 140 valence electrons. The molecule has 0 atom stereocenters. The van der Waals surface area contributed by atoms with Gasteiger partial charge in [-0.2, -0.15) is 0 Å². The van der Waals surface area contributed by atoms with Crippen molar-refractivity contribution in [2.24, 2.45) is 0 Å². The number of hydrogen-bond donors (Lipinski definition) is 0. The minimum absolute atomic E-state index is 0.119. The molecule has 0 N–H and O–H groups in total. The molecule has 1 aliphatic carbocycles. The van der Waals surface area contributed by atoms with Crippen molar-refractivity contribution in [2.75, 3.05) is 12.4 Å². The summed E-state index contributed by atoms with van der Waals surface area (Å²) in [6, 6.07) is 11.8. The number of aromatic nitrogens is 3. The van der Waals surface area contributed by atoms with E-state index in [1.54, 1.807) is 6.92 Å². The van der Waals surface area contributed by atoms with Crippen molar-refractivity contribution >= 4 is 26.6 Å². The van der Waals surface area contributed by atoms with Crippen LogP contribution in [0.2, 0.25) is 0 Å². The van der Waals surface area contributed by atoms with E-state index < -0.39 is 21.6 Å². The van der Waals surface area contributed by atoms with Crippen LogP contribution in [0, 0.1) is 0 Å². The first-order valence-corrected chi connectivity index (χ1v) is 10.5. The monoisotopic (exact) mass is 385 g/mol. The zero-order chi connectivity index (χ0) is 19.0. The molecule has 3 aromatic rings. The highest BCUT2D eigenvalue weighted by molar-refractivity contribution is 7.91. The van der Waals surface area contributed by atoms with Gasteiger partial charge in [-0.15, -0.1) is 10.2 Å². The Morgan fingerprint density at radius 3 is 2.63 bits per heavy atom. The fraction of sp³-hybridized carbons (Fsp3) is 0.316. The number of carbonyl (C=O) groups excluding carboxylic acids is 1. The number of nitrogens with zero attached hydrogens (tertiary/aromatic N) is 3. The standard InChI is InChI=1S/C19H19N3O4S/c1-2-26-18(23)11-27(24,25)19-21-20-12-22(19)17-10-9-14(13-7-8-13)15-5-3-4-6-16(15)17/h3-6,9-10,12-13H,2,7-8,11H2,1H3. The molecule has 0 spiro atoms. The second kappa shape index (κ2) is 6.77. The van der Waals surface area contributed by atoms with Crippen LogP contribution < -0.4 is 0 Å². The van der Waals surface area contributed by atoms with E-state index in [0.29, 0.717) is 11.6 Å². The molecule has 27 heavy (non-hydrogen) atoms. The summed E-state index contributed by atoms with van der Waals surface area (Å²) in [5.74, 6) is -1.00. The molecule has 0 aliphatic heterocycles. The molecule has 0 bridgehead atoms. The maximum absolute atomic E-state index is 12.7. The smallest absolute Gasteiger partial charge is 0.321 e. The second-order valence-electron chi connectivity index (χ2n) is 6.54. The van der Waals surface area contributed by atoms with Crippen LogP contribution in [0.15, 0.2) is 47.9 Å². The van der Waals surface area contributed by atoms with Gasteiger partial charge in [0.15, 0.2) is 5.75 Å². The zero-order valence-corrected chi connectivity index (χ0v) is 15.6. The Morgan fingerprint density at radius 2 is 1.93 bits per heavy atom. The molecule has 1 fully saturated rings. The molecule has 0 radical (unpaired) electrons.